The number of benzene rings is 1. The molecule has 25 heavy (non-hydrogen) atoms. The van der Waals surface area contributed by atoms with Crippen LogP contribution in [0.15, 0.2) is 41.4 Å². The molecule has 8 heteroatoms. The Bertz CT molecular complexity index is 721. The smallest absolute Gasteiger partial charge is 0.258 e. The standard InChI is InChI=1S/C17H19ClN4OS.ClH/c1-24-13-3-4-15(18)14(10-13)17(23)21-16-5-2-12(11-20-16)22-8-6-19-7-9-22;/h2-5,10-11,19H,6-9H2,1H3,(H,20,21,23);1H. The minimum atomic E-state index is -0.252. The molecule has 0 aliphatic carbocycles. The maximum atomic E-state index is 12.4. The molecule has 0 bridgehead atoms. The van der Waals surface area contributed by atoms with Gasteiger partial charge in [-0.25, -0.2) is 4.98 Å². The van der Waals surface area contributed by atoms with Crippen LogP contribution in [-0.4, -0.2) is 43.3 Å². The normalized spacial score (nSPS) is 13.9. The van der Waals surface area contributed by atoms with Crippen molar-refractivity contribution in [1.82, 2.24) is 10.3 Å². The van der Waals surface area contributed by atoms with Gasteiger partial charge in [-0.1, -0.05) is 11.6 Å². The first-order valence-corrected chi connectivity index (χ1v) is 9.34. The van der Waals surface area contributed by atoms with Gasteiger partial charge in [0.2, 0.25) is 0 Å². The van der Waals surface area contributed by atoms with Crippen LogP contribution in [0.2, 0.25) is 5.02 Å². The van der Waals surface area contributed by atoms with Crippen molar-refractivity contribution in [1.29, 1.82) is 0 Å². The van der Waals surface area contributed by atoms with Gasteiger partial charge in [-0.05, 0) is 36.6 Å². The number of thioether (sulfide) groups is 1. The molecule has 1 aliphatic heterocycles. The fourth-order valence-corrected chi connectivity index (χ4v) is 3.20. The Balaban J connectivity index is 0.00000225. The van der Waals surface area contributed by atoms with E-state index in [2.05, 4.69) is 20.5 Å². The molecule has 0 saturated carbocycles. The van der Waals surface area contributed by atoms with Crippen molar-refractivity contribution in [2.45, 2.75) is 4.90 Å². The second-order valence-electron chi connectivity index (χ2n) is 5.44. The van der Waals surface area contributed by atoms with Crippen molar-refractivity contribution in [3.05, 3.63) is 47.1 Å². The molecule has 2 N–H and O–H groups in total. The summed E-state index contributed by atoms with van der Waals surface area (Å²) in [7, 11) is 0. The highest BCUT2D eigenvalue weighted by Gasteiger charge is 2.14. The second kappa shape index (κ2) is 9.29. The van der Waals surface area contributed by atoms with Crippen LogP contribution >= 0.6 is 35.8 Å². The molecule has 0 spiro atoms. The lowest BCUT2D eigenvalue weighted by atomic mass is 10.2. The number of aromatic nitrogens is 1. The second-order valence-corrected chi connectivity index (χ2v) is 6.73. The average Bonchev–Trinajstić information content (AvgIpc) is 2.63. The average molecular weight is 399 g/mol. The quantitative estimate of drug-likeness (QED) is 0.771. The Morgan fingerprint density at radius 1 is 1.28 bits per heavy atom. The number of hydrogen-bond acceptors (Lipinski definition) is 5. The summed E-state index contributed by atoms with van der Waals surface area (Å²) in [5.41, 5.74) is 1.52. The summed E-state index contributed by atoms with van der Waals surface area (Å²) in [5, 5.41) is 6.56. The zero-order chi connectivity index (χ0) is 16.9. The molecule has 1 saturated heterocycles. The predicted octanol–water partition coefficient (Wildman–Crippen LogP) is 3.54. The number of halogens is 2. The SMILES string of the molecule is CSc1ccc(Cl)c(C(=O)Nc2ccc(N3CCNCC3)cn2)c1.Cl. The molecule has 3 rings (SSSR count). The van der Waals surface area contributed by atoms with Crippen LogP contribution in [0.5, 0.6) is 0 Å². The van der Waals surface area contributed by atoms with Crippen LogP contribution in [-0.2, 0) is 0 Å². The van der Waals surface area contributed by atoms with E-state index in [0.29, 0.717) is 16.4 Å². The van der Waals surface area contributed by atoms with E-state index in [0.717, 1.165) is 36.8 Å². The number of pyridine rings is 1. The third-order valence-corrected chi connectivity index (χ3v) is 4.94. The van der Waals surface area contributed by atoms with Crippen molar-refractivity contribution in [2.75, 3.05) is 42.7 Å². The molecular weight excluding hydrogens is 379 g/mol. The van der Waals surface area contributed by atoms with Gasteiger partial charge in [0.1, 0.15) is 5.82 Å². The lowest BCUT2D eigenvalue weighted by Crippen LogP contribution is -2.43. The third-order valence-electron chi connectivity index (χ3n) is 3.89. The molecule has 1 aromatic heterocycles. The van der Waals surface area contributed by atoms with Gasteiger partial charge in [0, 0.05) is 31.1 Å². The Labute approximate surface area is 162 Å². The molecule has 0 atom stereocenters. The van der Waals surface area contributed by atoms with Gasteiger partial charge in [0.15, 0.2) is 0 Å². The van der Waals surface area contributed by atoms with Crippen LogP contribution in [0.25, 0.3) is 0 Å². The first-order chi connectivity index (χ1) is 11.7. The highest BCUT2D eigenvalue weighted by atomic mass is 35.5. The number of nitrogens with zero attached hydrogens (tertiary/aromatic N) is 2. The van der Waals surface area contributed by atoms with E-state index in [4.69, 9.17) is 11.6 Å². The molecular formula is C17H20Cl2N4OS. The largest absolute Gasteiger partial charge is 0.368 e. The maximum Gasteiger partial charge on any atom is 0.258 e. The van der Waals surface area contributed by atoms with Crippen LogP contribution < -0.4 is 15.5 Å². The van der Waals surface area contributed by atoms with E-state index in [9.17, 15) is 4.79 Å². The highest BCUT2D eigenvalue weighted by molar-refractivity contribution is 7.98. The number of carbonyl (C=O) groups is 1. The monoisotopic (exact) mass is 398 g/mol. The summed E-state index contributed by atoms with van der Waals surface area (Å²) in [6, 6.07) is 9.22. The lowest BCUT2D eigenvalue weighted by molar-refractivity contribution is 0.102. The molecule has 0 unspecified atom stereocenters. The zero-order valence-corrected chi connectivity index (χ0v) is 16.2. The summed E-state index contributed by atoms with van der Waals surface area (Å²) in [5.74, 6) is 0.267. The zero-order valence-electron chi connectivity index (χ0n) is 13.8. The van der Waals surface area contributed by atoms with E-state index in [1.165, 1.54) is 0 Å². The van der Waals surface area contributed by atoms with Gasteiger partial charge in [-0.15, -0.1) is 24.2 Å². The number of amides is 1. The molecule has 1 amide bonds. The fraction of sp³-hybridized carbons (Fsp3) is 0.294. The number of piperazine rings is 1. The van der Waals surface area contributed by atoms with Gasteiger partial charge in [-0.3, -0.25) is 4.79 Å². The van der Waals surface area contributed by atoms with Gasteiger partial charge in [-0.2, -0.15) is 0 Å². The van der Waals surface area contributed by atoms with Gasteiger partial charge < -0.3 is 15.5 Å². The summed E-state index contributed by atoms with van der Waals surface area (Å²) in [4.78, 5) is 20.0. The Morgan fingerprint density at radius 3 is 2.68 bits per heavy atom. The van der Waals surface area contributed by atoms with Crippen molar-refractivity contribution in [2.24, 2.45) is 0 Å². The first-order valence-electron chi connectivity index (χ1n) is 7.74. The molecule has 0 radical (unpaired) electrons. The molecule has 2 heterocycles. The fourth-order valence-electron chi connectivity index (χ4n) is 2.56. The predicted molar refractivity (Wildman–Crippen MR) is 108 cm³/mol. The van der Waals surface area contributed by atoms with Crippen molar-refractivity contribution in [3.8, 4) is 0 Å². The van der Waals surface area contributed by atoms with E-state index in [1.54, 1.807) is 30.1 Å². The van der Waals surface area contributed by atoms with Crippen molar-refractivity contribution >= 4 is 53.2 Å². The number of rotatable bonds is 4. The maximum absolute atomic E-state index is 12.4. The molecule has 1 aliphatic rings. The molecule has 1 aromatic carbocycles. The molecule has 2 aromatic rings. The van der Waals surface area contributed by atoms with Crippen LogP contribution in [0, 0.1) is 0 Å². The Kier molecular flexibility index (Phi) is 7.38. The molecule has 134 valence electrons. The van der Waals surface area contributed by atoms with E-state index < -0.39 is 0 Å². The van der Waals surface area contributed by atoms with Crippen LogP contribution in [0.4, 0.5) is 11.5 Å². The van der Waals surface area contributed by atoms with Gasteiger partial charge in [0.25, 0.3) is 5.91 Å². The topological polar surface area (TPSA) is 57.3 Å². The summed E-state index contributed by atoms with van der Waals surface area (Å²) in [6.45, 7) is 3.88. The van der Waals surface area contributed by atoms with Gasteiger partial charge in [0.05, 0.1) is 22.5 Å². The van der Waals surface area contributed by atoms with Crippen LogP contribution in [0.3, 0.4) is 0 Å². The number of anilines is 2. The third kappa shape index (κ3) is 5.01. The Morgan fingerprint density at radius 2 is 2.04 bits per heavy atom. The van der Waals surface area contributed by atoms with Crippen molar-refractivity contribution in [3.63, 3.8) is 0 Å². The van der Waals surface area contributed by atoms with E-state index in [-0.39, 0.29) is 18.3 Å². The molecule has 5 nitrogen and oxygen atoms in total. The summed E-state index contributed by atoms with van der Waals surface area (Å²) in [6.07, 6.45) is 3.75. The van der Waals surface area contributed by atoms with Crippen LogP contribution in [0.1, 0.15) is 10.4 Å². The van der Waals surface area contributed by atoms with Gasteiger partial charge >= 0.3 is 0 Å². The number of nitrogens with one attached hydrogen (secondary N) is 2. The number of hydrogen-bond donors (Lipinski definition) is 2. The minimum Gasteiger partial charge on any atom is -0.368 e. The summed E-state index contributed by atoms with van der Waals surface area (Å²) >= 11 is 7.71. The minimum absolute atomic E-state index is 0. The number of carbonyl (C=O) groups excluding carboxylic acids is 1. The van der Waals surface area contributed by atoms with Crippen molar-refractivity contribution < 1.29 is 4.79 Å². The molecule has 1 fully saturated rings. The first kappa shape index (κ1) is 19.8. The summed E-state index contributed by atoms with van der Waals surface area (Å²) < 4.78 is 0. The highest BCUT2D eigenvalue weighted by Crippen LogP contribution is 2.24. The lowest BCUT2D eigenvalue weighted by Gasteiger charge is -2.29. The Hall–Kier alpha value is -1.47. The van der Waals surface area contributed by atoms with E-state index in [1.807, 2.05) is 24.5 Å². The van der Waals surface area contributed by atoms with E-state index >= 15 is 0 Å².